The number of rotatable bonds is 4. The van der Waals surface area contributed by atoms with Gasteiger partial charge in [-0.15, -0.1) is 11.3 Å². The molecule has 0 N–H and O–H groups in total. The molecule has 0 saturated carbocycles. The molecule has 0 unspecified atom stereocenters. The molecule has 0 amide bonds. The summed E-state index contributed by atoms with van der Waals surface area (Å²) in [5.74, 6) is 0. The van der Waals surface area contributed by atoms with E-state index >= 15 is 0 Å². The van der Waals surface area contributed by atoms with Crippen LogP contribution in [0.1, 0.15) is 11.8 Å². The van der Waals surface area contributed by atoms with E-state index in [0.717, 1.165) is 19.6 Å². The highest BCUT2D eigenvalue weighted by Gasteiger charge is 2.00. The molecule has 0 aliphatic rings. The third kappa shape index (κ3) is 2.14. The maximum atomic E-state index is 5.34. The first-order chi connectivity index (χ1) is 6.90. The molecule has 2 rings (SSSR count). The third-order valence-electron chi connectivity index (χ3n) is 2.17. The average Bonchev–Trinajstić information content (AvgIpc) is 2.60. The van der Waals surface area contributed by atoms with Gasteiger partial charge in [-0.25, -0.2) is 0 Å². The quantitative estimate of drug-likeness (QED) is 0.696. The van der Waals surface area contributed by atoms with E-state index in [1.165, 1.54) is 15.0 Å². The molecule has 0 aliphatic carbocycles. The molecule has 1 nitrogen and oxygen atoms in total. The lowest BCUT2D eigenvalue weighted by Gasteiger charge is -1.96. The van der Waals surface area contributed by atoms with Crippen LogP contribution in [0.3, 0.4) is 0 Å². The minimum atomic E-state index is 0.810. The number of thiophene rings is 1. The predicted molar refractivity (Wildman–Crippen MR) is 62.0 cm³/mol. The third-order valence-corrected chi connectivity index (χ3v) is 3.35. The highest BCUT2D eigenvalue weighted by atomic mass is 32.1. The second-order valence-electron chi connectivity index (χ2n) is 3.20. The van der Waals surface area contributed by atoms with E-state index in [1.54, 1.807) is 0 Å². The van der Waals surface area contributed by atoms with Gasteiger partial charge >= 0.3 is 0 Å². The van der Waals surface area contributed by atoms with Crippen LogP contribution in [0.2, 0.25) is 0 Å². The van der Waals surface area contributed by atoms with Gasteiger partial charge in [0.25, 0.3) is 0 Å². The number of hydrogen-bond acceptors (Lipinski definition) is 2. The molecule has 0 fully saturated rings. The molecule has 2 heteroatoms. The highest BCUT2D eigenvalue weighted by molar-refractivity contribution is 7.19. The summed E-state index contributed by atoms with van der Waals surface area (Å²) in [6.07, 6.45) is 1.03. The predicted octanol–water partition coefficient (Wildman–Crippen LogP) is 3.48. The van der Waals surface area contributed by atoms with Crippen LogP contribution in [0.4, 0.5) is 0 Å². The van der Waals surface area contributed by atoms with Gasteiger partial charge in [0.05, 0.1) is 6.61 Å². The second-order valence-corrected chi connectivity index (χ2v) is 4.37. The molecule has 0 bridgehead atoms. The van der Waals surface area contributed by atoms with Gasteiger partial charge in [-0.1, -0.05) is 18.2 Å². The number of benzene rings is 1. The van der Waals surface area contributed by atoms with Crippen molar-refractivity contribution < 1.29 is 4.74 Å². The minimum Gasteiger partial charge on any atom is -0.381 e. The maximum Gasteiger partial charge on any atom is 0.0514 e. The molecule has 0 radical (unpaired) electrons. The zero-order valence-corrected chi connectivity index (χ0v) is 9.14. The van der Waals surface area contributed by atoms with Crippen molar-refractivity contribution in [3.05, 3.63) is 35.2 Å². The smallest absolute Gasteiger partial charge is 0.0514 e. The van der Waals surface area contributed by atoms with E-state index in [-0.39, 0.29) is 0 Å². The SMILES string of the molecule is CCOCCc1cc2ccccc2s1. The molecule has 0 aliphatic heterocycles. The Bertz CT molecular complexity index is 372. The van der Waals surface area contributed by atoms with Crippen molar-refractivity contribution in [2.24, 2.45) is 0 Å². The summed E-state index contributed by atoms with van der Waals surface area (Å²) < 4.78 is 6.71. The van der Waals surface area contributed by atoms with Crippen LogP contribution in [0, 0.1) is 0 Å². The molecule has 1 heterocycles. The van der Waals surface area contributed by atoms with Crippen LogP contribution >= 0.6 is 11.3 Å². The second kappa shape index (κ2) is 4.58. The number of hydrogen-bond donors (Lipinski definition) is 0. The highest BCUT2D eigenvalue weighted by Crippen LogP contribution is 2.25. The van der Waals surface area contributed by atoms with Crippen molar-refractivity contribution in [1.82, 2.24) is 0 Å². The van der Waals surface area contributed by atoms with Gasteiger partial charge < -0.3 is 4.74 Å². The Kier molecular flexibility index (Phi) is 3.17. The van der Waals surface area contributed by atoms with Crippen molar-refractivity contribution in [2.45, 2.75) is 13.3 Å². The van der Waals surface area contributed by atoms with Crippen LogP contribution < -0.4 is 0 Å². The summed E-state index contributed by atoms with van der Waals surface area (Å²) >= 11 is 1.87. The summed E-state index contributed by atoms with van der Waals surface area (Å²) in [6, 6.07) is 10.8. The van der Waals surface area contributed by atoms with Crippen molar-refractivity contribution in [3.8, 4) is 0 Å². The lowest BCUT2D eigenvalue weighted by atomic mass is 10.2. The van der Waals surface area contributed by atoms with Gasteiger partial charge in [-0.3, -0.25) is 0 Å². The van der Waals surface area contributed by atoms with Crippen molar-refractivity contribution in [3.63, 3.8) is 0 Å². The Balaban J connectivity index is 2.11. The van der Waals surface area contributed by atoms with E-state index < -0.39 is 0 Å². The molecule has 1 aromatic heterocycles. The van der Waals surface area contributed by atoms with E-state index in [4.69, 9.17) is 4.74 Å². The Labute approximate surface area is 88.3 Å². The fraction of sp³-hybridized carbons (Fsp3) is 0.333. The molecule has 2 aromatic rings. The number of ether oxygens (including phenoxy) is 1. The summed E-state index contributed by atoms with van der Waals surface area (Å²) in [5.41, 5.74) is 0. The zero-order chi connectivity index (χ0) is 9.80. The molecule has 0 saturated heterocycles. The van der Waals surface area contributed by atoms with E-state index in [0.29, 0.717) is 0 Å². The van der Waals surface area contributed by atoms with Gasteiger partial charge in [-0.05, 0) is 24.4 Å². The van der Waals surface area contributed by atoms with Crippen LogP contribution in [-0.4, -0.2) is 13.2 Å². The standard InChI is InChI=1S/C12H14OS/c1-2-13-8-7-11-9-10-5-3-4-6-12(10)14-11/h3-6,9H,2,7-8H2,1H3. The zero-order valence-electron chi connectivity index (χ0n) is 8.32. The van der Waals surface area contributed by atoms with Gasteiger partial charge in [0.15, 0.2) is 0 Å². The maximum absolute atomic E-state index is 5.34. The van der Waals surface area contributed by atoms with Crippen LogP contribution in [-0.2, 0) is 11.2 Å². The summed E-state index contributed by atoms with van der Waals surface area (Å²) in [5, 5.41) is 1.35. The number of fused-ring (bicyclic) bond motifs is 1. The van der Waals surface area contributed by atoms with Crippen LogP contribution in [0.25, 0.3) is 10.1 Å². The molecular formula is C12H14OS. The average molecular weight is 206 g/mol. The lowest BCUT2D eigenvalue weighted by Crippen LogP contribution is -1.95. The Morgan fingerprint density at radius 3 is 2.93 bits per heavy atom. The van der Waals surface area contributed by atoms with Gasteiger partial charge in [0.1, 0.15) is 0 Å². The lowest BCUT2D eigenvalue weighted by molar-refractivity contribution is 0.151. The first kappa shape index (κ1) is 9.69. The molecule has 0 spiro atoms. The first-order valence-electron chi connectivity index (χ1n) is 4.95. The van der Waals surface area contributed by atoms with E-state index in [2.05, 4.69) is 30.3 Å². The largest absolute Gasteiger partial charge is 0.381 e. The van der Waals surface area contributed by atoms with Gasteiger partial charge in [0, 0.05) is 22.6 Å². The Morgan fingerprint density at radius 2 is 2.14 bits per heavy atom. The van der Waals surface area contributed by atoms with Gasteiger partial charge in [0.2, 0.25) is 0 Å². The van der Waals surface area contributed by atoms with Gasteiger partial charge in [-0.2, -0.15) is 0 Å². The minimum absolute atomic E-state index is 0.810. The fourth-order valence-electron chi connectivity index (χ4n) is 1.48. The summed E-state index contributed by atoms with van der Waals surface area (Å²) in [7, 11) is 0. The first-order valence-corrected chi connectivity index (χ1v) is 5.77. The van der Waals surface area contributed by atoms with E-state index in [1.807, 2.05) is 18.3 Å². The van der Waals surface area contributed by atoms with E-state index in [9.17, 15) is 0 Å². The normalized spacial score (nSPS) is 10.9. The monoisotopic (exact) mass is 206 g/mol. The molecule has 14 heavy (non-hydrogen) atoms. The van der Waals surface area contributed by atoms with Crippen molar-refractivity contribution >= 4 is 21.4 Å². The van der Waals surface area contributed by atoms with Crippen molar-refractivity contribution in [2.75, 3.05) is 13.2 Å². The molecule has 0 atom stereocenters. The van der Waals surface area contributed by atoms with Crippen molar-refractivity contribution in [1.29, 1.82) is 0 Å². The molecule has 74 valence electrons. The Morgan fingerprint density at radius 1 is 1.29 bits per heavy atom. The molecular weight excluding hydrogens is 192 g/mol. The summed E-state index contributed by atoms with van der Waals surface area (Å²) in [6.45, 7) is 3.68. The van der Waals surface area contributed by atoms with Crippen LogP contribution in [0.15, 0.2) is 30.3 Å². The topological polar surface area (TPSA) is 9.23 Å². The van der Waals surface area contributed by atoms with Crippen LogP contribution in [0.5, 0.6) is 0 Å². The fourth-order valence-corrected chi connectivity index (χ4v) is 2.52. The summed E-state index contributed by atoms with van der Waals surface area (Å²) in [4.78, 5) is 1.42. The Hall–Kier alpha value is -0.860. The molecule has 1 aromatic carbocycles.